The number of hydrogen-bond donors (Lipinski definition) is 2. The Morgan fingerprint density at radius 1 is 1.00 bits per heavy atom. The van der Waals surface area contributed by atoms with Gasteiger partial charge >= 0.3 is 0 Å². The molecule has 1 atom stereocenters. The van der Waals surface area contributed by atoms with Gasteiger partial charge in [-0.25, -0.2) is 0 Å². The van der Waals surface area contributed by atoms with E-state index in [1.54, 1.807) is 7.11 Å². The van der Waals surface area contributed by atoms with Crippen LogP contribution in [-0.4, -0.2) is 24.5 Å². The van der Waals surface area contributed by atoms with E-state index in [0.29, 0.717) is 13.0 Å². The van der Waals surface area contributed by atoms with Crippen LogP contribution in [-0.2, 0) is 11.2 Å². The summed E-state index contributed by atoms with van der Waals surface area (Å²) in [6, 6.07) is 24.3. The Morgan fingerprint density at radius 2 is 1.73 bits per heavy atom. The molecule has 30 heavy (non-hydrogen) atoms. The summed E-state index contributed by atoms with van der Waals surface area (Å²) in [6.45, 7) is 2.56. The number of aromatic amines is 1. The fourth-order valence-corrected chi connectivity index (χ4v) is 3.89. The molecule has 1 unspecified atom stereocenters. The first-order valence-corrected chi connectivity index (χ1v) is 10.2. The largest absolute Gasteiger partial charge is 0.497 e. The minimum atomic E-state index is 0.0302. The molecule has 0 bridgehead atoms. The van der Waals surface area contributed by atoms with E-state index < -0.39 is 0 Å². The second-order valence-corrected chi connectivity index (χ2v) is 7.52. The number of methoxy groups -OCH3 is 1. The lowest BCUT2D eigenvalue weighted by Crippen LogP contribution is -2.30. The summed E-state index contributed by atoms with van der Waals surface area (Å²) in [4.78, 5) is 16.1. The second kappa shape index (κ2) is 8.87. The molecule has 4 heteroatoms. The zero-order chi connectivity index (χ0) is 20.9. The molecule has 2 N–H and O–H groups in total. The number of para-hydroxylation sites is 1. The van der Waals surface area contributed by atoms with E-state index in [2.05, 4.69) is 34.6 Å². The number of carbonyl (C=O) groups excluding carboxylic acids is 1. The Morgan fingerprint density at radius 3 is 2.50 bits per heavy atom. The van der Waals surface area contributed by atoms with Gasteiger partial charge in [-0.1, -0.05) is 54.6 Å². The smallest absolute Gasteiger partial charge is 0.224 e. The molecular weight excluding hydrogens is 372 g/mol. The van der Waals surface area contributed by atoms with Crippen molar-refractivity contribution in [3.05, 3.63) is 101 Å². The Balaban J connectivity index is 1.59. The number of aryl methyl sites for hydroxylation is 1. The fraction of sp³-hybridized carbons (Fsp3) is 0.192. The number of amides is 1. The van der Waals surface area contributed by atoms with Crippen molar-refractivity contribution in [3.8, 4) is 5.75 Å². The molecule has 0 aliphatic heterocycles. The van der Waals surface area contributed by atoms with Gasteiger partial charge in [0.05, 0.1) is 13.5 Å². The van der Waals surface area contributed by atoms with Crippen LogP contribution >= 0.6 is 0 Å². The molecule has 4 aromatic rings. The van der Waals surface area contributed by atoms with Crippen molar-refractivity contribution in [3.63, 3.8) is 0 Å². The minimum Gasteiger partial charge on any atom is -0.497 e. The predicted molar refractivity (Wildman–Crippen MR) is 121 cm³/mol. The quantitative estimate of drug-likeness (QED) is 0.461. The van der Waals surface area contributed by atoms with Crippen LogP contribution in [0.5, 0.6) is 5.75 Å². The van der Waals surface area contributed by atoms with E-state index in [9.17, 15) is 4.79 Å². The van der Waals surface area contributed by atoms with Gasteiger partial charge < -0.3 is 15.0 Å². The number of nitrogens with one attached hydrogen (secondary N) is 2. The number of benzene rings is 3. The van der Waals surface area contributed by atoms with Gasteiger partial charge in [-0.15, -0.1) is 0 Å². The van der Waals surface area contributed by atoms with Crippen molar-refractivity contribution in [1.82, 2.24) is 10.3 Å². The summed E-state index contributed by atoms with van der Waals surface area (Å²) in [6.07, 6.45) is 2.43. The molecule has 0 fully saturated rings. The first kappa shape index (κ1) is 19.8. The summed E-state index contributed by atoms with van der Waals surface area (Å²) in [5, 5.41) is 4.33. The van der Waals surface area contributed by atoms with E-state index in [1.807, 2.05) is 61.7 Å². The van der Waals surface area contributed by atoms with Crippen molar-refractivity contribution >= 4 is 16.8 Å². The van der Waals surface area contributed by atoms with Gasteiger partial charge in [-0.2, -0.15) is 0 Å². The number of fused-ring (bicyclic) bond motifs is 1. The highest BCUT2D eigenvalue weighted by atomic mass is 16.5. The van der Waals surface area contributed by atoms with Gasteiger partial charge in [0.25, 0.3) is 0 Å². The van der Waals surface area contributed by atoms with Crippen LogP contribution in [0.4, 0.5) is 0 Å². The van der Waals surface area contributed by atoms with E-state index in [1.165, 1.54) is 10.9 Å². The Labute approximate surface area is 176 Å². The molecule has 1 aromatic heterocycles. The zero-order valence-electron chi connectivity index (χ0n) is 17.3. The SMILES string of the molecule is COc1ccc(C(CNC(=O)Cc2ccccc2C)c2c[nH]c3ccccc23)cc1. The summed E-state index contributed by atoms with van der Waals surface area (Å²) in [5.41, 5.74) is 5.60. The molecule has 1 amide bonds. The number of rotatable bonds is 7. The highest BCUT2D eigenvalue weighted by molar-refractivity contribution is 5.84. The average Bonchev–Trinajstić information content (AvgIpc) is 3.20. The van der Waals surface area contributed by atoms with Crippen molar-refractivity contribution in [2.75, 3.05) is 13.7 Å². The number of carbonyl (C=O) groups is 1. The van der Waals surface area contributed by atoms with E-state index in [4.69, 9.17) is 4.74 Å². The molecule has 0 radical (unpaired) electrons. The van der Waals surface area contributed by atoms with Gasteiger partial charge in [-0.05, 0) is 47.4 Å². The van der Waals surface area contributed by atoms with Crippen LogP contribution in [0.3, 0.4) is 0 Å². The van der Waals surface area contributed by atoms with Crippen LogP contribution in [0.25, 0.3) is 10.9 Å². The lowest BCUT2D eigenvalue weighted by Gasteiger charge is -2.19. The van der Waals surface area contributed by atoms with Crippen LogP contribution < -0.4 is 10.1 Å². The first-order chi connectivity index (χ1) is 14.7. The maximum atomic E-state index is 12.7. The normalized spacial score (nSPS) is 11.9. The molecule has 3 aromatic carbocycles. The monoisotopic (exact) mass is 398 g/mol. The molecule has 1 heterocycles. The van der Waals surface area contributed by atoms with Crippen LogP contribution in [0, 0.1) is 6.92 Å². The topological polar surface area (TPSA) is 54.1 Å². The van der Waals surface area contributed by atoms with E-state index in [-0.39, 0.29) is 11.8 Å². The zero-order valence-corrected chi connectivity index (χ0v) is 17.3. The third kappa shape index (κ3) is 4.23. The second-order valence-electron chi connectivity index (χ2n) is 7.52. The lowest BCUT2D eigenvalue weighted by atomic mass is 9.90. The Bertz CT molecular complexity index is 1150. The molecule has 152 valence electrons. The molecule has 4 rings (SSSR count). The third-order valence-corrected chi connectivity index (χ3v) is 5.63. The van der Waals surface area contributed by atoms with E-state index in [0.717, 1.165) is 28.0 Å². The van der Waals surface area contributed by atoms with E-state index >= 15 is 0 Å². The molecule has 0 spiro atoms. The highest BCUT2D eigenvalue weighted by Gasteiger charge is 2.19. The number of hydrogen-bond acceptors (Lipinski definition) is 2. The van der Waals surface area contributed by atoms with Crippen molar-refractivity contribution in [2.45, 2.75) is 19.3 Å². The summed E-state index contributed by atoms with van der Waals surface area (Å²) in [5.74, 6) is 0.885. The Kier molecular flexibility index (Phi) is 5.84. The number of ether oxygens (including phenoxy) is 1. The molecule has 0 aliphatic carbocycles. The summed E-state index contributed by atoms with van der Waals surface area (Å²) in [7, 11) is 1.66. The van der Waals surface area contributed by atoms with Crippen molar-refractivity contribution < 1.29 is 9.53 Å². The van der Waals surface area contributed by atoms with Crippen LogP contribution in [0.2, 0.25) is 0 Å². The summed E-state index contributed by atoms with van der Waals surface area (Å²) >= 11 is 0. The van der Waals surface area contributed by atoms with Crippen molar-refractivity contribution in [1.29, 1.82) is 0 Å². The molecular formula is C26H26N2O2. The van der Waals surface area contributed by atoms with Gasteiger partial charge in [0, 0.05) is 29.6 Å². The summed E-state index contributed by atoms with van der Waals surface area (Å²) < 4.78 is 5.31. The van der Waals surface area contributed by atoms with Crippen LogP contribution in [0.1, 0.15) is 28.2 Å². The third-order valence-electron chi connectivity index (χ3n) is 5.63. The van der Waals surface area contributed by atoms with Gasteiger partial charge in [0.1, 0.15) is 5.75 Å². The lowest BCUT2D eigenvalue weighted by molar-refractivity contribution is -0.120. The average molecular weight is 399 g/mol. The molecule has 0 saturated carbocycles. The number of aromatic nitrogens is 1. The standard InChI is InChI=1S/C26H26N2O2/c1-18-7-3-4-8-20(18)15-26(29)28-16-23(19-11-13-21(30-2)14-12-19)24-17-27-25-10-6-5-9-22(24)25/h3-14,17,23,27H,15-16H2,1-2H3,(H,28,29). The van der Waals surface area contributed by atoms with Crippen LogP contribution in [0.15, 0.2) is 79.0 Å². The van der Waals surface area contributed by atoms with Crippen molar-refractivity contribution in [2.24, 2.45) is 0 Å². The first-order valence-electron chi connectivity index (χ1n) is 10.2. The maximum absolute atomic E-state index is 12.7. The van der Waals surface area contributed by atoms with Gasteiger partial charge in [0.2, 0.25) is 5.91 Å². The molecule has 0 saturated heterocycles. The highest BCUT2D eigenvalue weighted by Crippen LogP contribution is 2.31. The fourth-order valence-electron chi connectivity index (χ4n) is 3.89. The molecule has 0 aliphatic rings. The maximum Gasteiger partial charge on any atom is 0.224 e. The van der Waals surface area contributed by atoms with Gasteiger partial charge in [-0.3, -0.25) is 4.79 Å². The minimum absolute atomic E-state index is 0.0302. The number of H-pyrrole nitrogens is 1. The predicted octanol–water partition coefficient (Wildman–Crippen LogP) is 4.98. The van der Waals surface area contributed by atoms with Gasteiger partial charge in [0.15, 0.2) is 0 Å². The Hall–Kier alpha value is -3.53. The molecule has 4 nitrogen and oxygen atoms in total.